The predicted octanol–water partition coefficient (Wildman–Crippen LogP) is 1.69. The number of amides is 2. The molecule has 1 aliphatic heterocycles. The predicted molar refractivity (Wildman–Crippen MR) is 85.8 cm³/mol. The van der Waals surface area contributed by atoms with Gasteiger partial charge >= 0.3 is 0 Å². The Morgan fingerprint density at radius 2 is 2.00 bits per heavy atom. The monoisotopic (exact) mass is 329 g/mol. The van der Waals surface area contributed by atoms with Crippen molar-refractivity contribution in [3.05, 3.63) is 47.9 Å². The van der Waals surface area contributed by atoms with Crippen LogP contribution in [0.15, 0.2) is 41.6 Å². The third kappa shape index (κ3) is 2.90. The van der Waals surface area contributed by atoms with E-state index in [1.54, 1.807) is 16.9 Å². The first-order valence-corrected chi connectivity index (χ1v) is 7.45. The molecule has 8 heteroatoms. The minimum Gasteiger partial charge on any atom is -0.310 e. The number of hydrogen-bond acceptors (Lipinski definition) is 4. The molecule has 0 aliphatic carbocycles. The van der Waals surface area contributed by atoms with Gasteiger partial charge in [0.2, 0.25) is 5.91 Å². The Bertz CT molecular complexity index is 810. The van der Waals surface area contributed by atoms with Crippen LogP contribution in [0.4, 0.5) is 10.2 Å². The van der Waals surface area contributed by atoms with Crippen molar-refractivity contribution in [2.24, 2.45) is 11.0 Å². The number of aromatic nitrogens is 2. The number of hydrazone groups is 1. The Hall–Kier alpha value is -3.03. The summed E-state index contributed by atoms with van der Waals surface area (Å²) in [6.45, 7) is 3.85. The van der Waals surface area contributed by atoms with E-state index >= 15 is 0 Å². The number of carbonyl (C=O) groups is 2. The zero-order chi connectivity index (χ0) is 17.3. The van der Waals surface area contributed by atoms with Gasteiger partial charge in [0.1, 0.15) is 11.6 Å². The molecule has 1 unspecified atom stereocenters. The smallest absolute Gasteiger partial charge is 0.258 e. The molecule has 0 saturated carbocycles. The van der Waals surface area contributed by atoms with Crippen molar-refractivity contribution in [1.29, 1.82) is 0 Å². The molecule has 2 heterocycles. The molecular weight excluding hydrogens is 313 g/mol. The summed E-state index contributed by atoms with van der Waals surface area (Å²) in [5, 5.41) is 10.7. The Kier molecular flexibility index (Phi) is 4.11. The number of rotatable bonds is 4. The molecule has 0 bridgehead atoms. The number of benzene rings is 1. The molecule has 1 atom stereocenters. The van der Waals surface area contributed by atoms with Crippen molar-refractivity contribution in [3.63, 3.8) is 0 Å². The van der Waals surface area contributed by atoms with Gasteiger partial charge in [-0.05, 0) is 31.5 Å². The molecule has 1 aliphatic rings. The summed E-state index contributed by atoms with van der Waals surface area (Å²) in [7, 11) is 0. The van der Waals surface area contributed by atoms with Crippen molar-refractivity contribution in [3.8, 4) is 0 Å². The molecule has 0 spiro atoms. The first-order chi connectivity index (χ1) is 11.5. The van der Waals surface area contributed by atoms with E-state index in [0.29, 0.717) is 11.4 Å². The Labute approximate surface area is 137 Å². The second kappa shape index (κ2) is 6.23. The van der Waals surface area contributed by atoms with E-state index in [2.05, 4.69) is 20.9 Å². The minimum absolute atomic E-state index is 0.0536. The van der Waals surface area contributed by atoms with Gasteiger partial charge in [-0.2, -0.15) is 10.2 Å². The van der Waals surface area contributed by atoms with E-state index in [1.165, 1.54) is 24.3 Å². The number of nitrogens with zero attached hydrogens (tertiary/aromatic N) is 3. The summed E-state index contributed by atoms with van der Waals surface area (Å²) < 4.78 is 14.7. The zero-order valence-corrected chi connectivity index (χ0v) is 13.2. The highest BCUT2D eigenvalue weighted by molar-refractivity contribution is 6.29. The lowest BCUT2D eigenvalue weighted by atomic mass is 9.96. The fourth-order valence-corrected chi connectivity index (χ4v) is 2.49. The lowest BCUT2D eigenvalue weighted by molar-refractivity contribution is -0.128. The summed E-state index contributed by atoms with van der Waals surface area (Å²) in [6, 6.07) is 7.17. The molecule has 24 heavy (non-hydrogen) atoms. The maximum absolute atomic E-state index is 13.1. The largest absolute Gasteiger partial charge is 0.310 e. The van der Waals surface area contributed by atoms with Gasteiger partial charge in [-0.15, -0.1) is 0 Å². The molecule has 2 aromatic rings. The van der Waals surface area contributed by atoms with Gasteiger partial charge < -0.3 is 5.32 Å². The van der Waals surface area contributed by atoms with Crippen LogP contribution in [-0.2, 0) is 9.59 Å². The van der Waals surface area contributed by atoms with Crippen molar-refractivity contribution < 1.29 is 14.0 Å². The number of nitrogens with one attached hydrogen (secondary N) is 2. The maximum atomic E-state index is 13.1. The van der Waals surface area contributed by atoms with Gasteiger partial charge in [0, 0.05) is 12.1 Å². The summed E-state index contributed by atoms with van der Waals surface area (Å²) in [5.41, 5.74) is 3.07. The molecule has 1 aromatic heterocycles. The Morgan fingerprint density at radius 1 is 1.29 bits per heavy atom. The minimum atomic E-state index is -1.11. The second-order valence-corrected chi connectivity index (χ2v) is 5.66. The molecule has 1 aromatic carbocycles. The van der Waals surface area contributed by atoms with Crippen LogP contribution in [0.25, 0.3) is 0 Å². The molecule has 2 N–H and O–H groups in total. The molecule has 124 valence electrons. The van der Waals surface area contributed by atoms with E-state index in [-0.39, 0.29) is 11.8 Å². The van der Waals surface area contributed by atoms with Crippen molar-refractivity contribution in [1.82, 2.24) is 15.2 Å². The molecule has 7 nitrogen and oxygen atoms in total. The van der Waals surface area contributed by atoms with Crippen molar-refractivity contribution in [2.45, 2.75) is 19.9 Å². The maximum Gasteiger partial charge on any atom is 0.258 e. The van der Waals surface area contributed by atoms with Crippen LogP contribution < -0.4 is 10.7 Å². The molecule has 0 fully saturated rings. The molecule has 2 amide bonds. The Balaban J connectivity index is 1.84. The van der Waals surface area contributed by atoms with E-state index < -0.39 is 23.5 Å². The fraction of sp³-hybridized carbons (Fsp3) is 0.250. The van der Waals surface area contributed by atoms with Crippen LogP contribution >= 0.6 is 0 Å². The van der Waals surface area contributed by atoms with Gasteiger partial charge in [0.05, 0.1) is 11.9 Å². The zero-order valence-electron chi connectivity index (χ0n) is 13.2. The number of carbonyl (C=O) groups excluding carboxylic acids is 2. The van der Waals surface area contributed by atoms with Crippen LogP contribution in [0.2, 0.25) is 0 Å². The van der Waals surface area contributed by atoms with Crippen LogP contribution in [0.1, 0.15) is 25.5 Å². The van der Waals surface area contributed by atoms with Crippen LogP contribution in [0.3, 0.4) is 0 Å². The lowest BCUT2D eigenvalue weighted by Gasteiger charge is -2.14. The van der Waals surface area contributed by atoms with Crippen LogP contribution in [0, 0.1) is 11.7 Å². The third-order valence-electron chi connectivity index (χ3n) is 3.64. The van der Waals surface area contributed by atoms with Crippen LogP contribution in [0.5, 0.6) is 0 Å². The van der Waals surface area contributed by atoms with E-state index in [9.17, 15) is 14.0 Å². The Morgan fingerprint density at radius 3 is 2.67 bits per heavy atom. The number of hydrogen-bond donors (Lipinski definition) is 2. The fourth-order valence-electron chi connectivity index (χ4n) is 2.49. The highest BCUT2D eigenvalue weighted by atomic mass is 19.1. The standard InChI is InChI=1S/C16H16FN5O2/c1-9(2)22-12(7-8-18-22)19-15(23)13-14(20-21-16(13)24)10-3-5-11(17)6-4-10/h3-9,13H,1-2H3,(H,19,23)(H,21,24). The number of anilines is 1. The molecule has 0 radical (unpaired) electrons. The third-order valence-corrected chi connectivity index (χ3v) is 3.64. The molecule has 3 rings (SSSR count). The average molecular weight is 329 g/mol. The van der Waals surface area contributed by atoms with Gasteiger partial charge in [-0.25, -0.2) is 14.5 Å². The van der Waals surface area contributed by atoms with Gasteiger partial charge in [-0.1, -0.05) is 12.1 Å². The average Bonchev–Trinajstić information content (AvgIpc) is 3.14. The van der Waals surface area contributed by atoms with Crippen molar-refractivity contribution in [2.75, 3.05) is 5.32 Å². The van der Waals surface area contributed by atoms with Gasteiger partial charge in [0.15, 0.2) is 5.92 Å². The molecule has 0 saturated heterocycles. The van der Waals surface area contributed by atoms with Crippen molar-refractivity contribution >= 4 is 23.3 Å². The first-order valence-electron chi connectivity index (χ1n) is 7.45. The van der Waals surface area contributed by atoms with Crippen LogP contribution in [-0.4, -0.2) is 27.3 Å². The number of halogens is 1. The van der Waals surface area contributed by atoms with Gasteiger partial charge in [0.25, 0.3) is 5.91 Å². The van der Waals surface area contributed by atoms with Gasteiger partial charge in [-0.3, -0.25) is 9.59 Å². The highest BCUT2D eigenvalue weighted by Gasteiger charge is 2.37. The SMILES string of the molecule is CC(C)n1nccc1NC(=O)C1C(=O)NN=C1c1ccc(F)cc1. The molecular formula is C16H16FN5O2. The topological polar surface area (TPSA) is 88.4 Å². The van der Waals surface area contributed by atoms with E-state index in [1.807, 2.05) is 13.8 Å². The van der Waals surface area contributed by atoms with E-state index in [0.717, 1.165) is 0 Å². The summed E-state index contributed by atoms with van der Waals surface area (Å²) in [4.78, 5) is 24.6. The van der Waals surface area contributed by atoms with E-state index in [4.69, 9.17) is 0 Å². The second-order valence-electron chi connectivity index (χ2n) is 5.66. The lowest BCUT2D eigenvalue weighted by Crippen LogP contribution is -2.36. The highest BCUT2D eigenvalue weighted by Crippen LogP contribution is 2.19. The first kappa shape index (κ1) is 15.9. The normalized spacial score (nSPS) is 16.9. The summed E-state index contributed by atoms with van der Waals surface area (Å²) >= 11 is 0. The summed E-state index contributed by atoms with van der Waals surface area (Å²) in [5.74, 6) is -2.06. The summed E-state index contributed by atoms with van der Waals surface area (Å²) in [6.07, 6.45) is 1.57. The quantitative estimate of drug-likeness (QED) is 0.837.